The fourth-order valence-corrected chi connectivity index (χ4v) is 2.50. The lowest BCUT2D eigenvalue weighted by Crippen LogP contribution is -2.43. The van der Waals surface area contributed by atoms with Crippen molar-refractivity contribution >= 4 is 11.8 Å². The van der Waals surface area contributed by atoms with E-state index in [1.807, 2.05) is 20.0 Å². The van der Waals surface area contributed by atoms with Gasteiger partial charge < -0.3 is 15.3 Å². The molecule has 5 heteroatoms. The van der Waals surface area contributed by atoms with E-state index in [0.29, 0.717) is 5.95 Å². The highest BCUT2D eigenvalue weighted by Crippen LogP contribution is 2.25. The number of nitrogens with one attached hydrogen (secondary N) is 1. The lowest BCUT2D eigenvalue weighted by Gasteiger charge is -2.35. The highest BCUT2D eigenvalue weighted by molar-refractivity contribution is 5.43. The number of nitrogens with zero attached hydrogens (tertiary/aromatic N) is 3. The average Bonchev–Trinajstić information content (AvgIpc) is 2.39. The van der Waals surface area contributed by atoms with E-state index in [0.717, 1.165) is 31.6 Å². The van der Waals surface area contributed by atoms with Crippen LogP contribution in [-0.4, -0.2) is 40.8 Å². The maximum atomic E-state index is 10.1. The zero-order valence-electron chi connectivity index (χ0n) is 11.1. The summed E-state index contributed by atoms with van der Waals surface area (Å²) in [5, 5.41) is 13.2. The molecule has 0 amide bonds. The minimum absolute atomic E-state index is 0.170. The van der Waals surface area contributed by atoms with Crippen molar-refractivity contribution < 1.29 is 5.11 Å². The van der Waals surface area contributed by atoms with Crippen molar-refractivity contribution in [1.82, 2.24) is 9.97 Å². The van der Waals surface area contributed by atoms with Crippen molar-refractivity contribution in [2.24, 2.45) is 0 Å². The number of anilines is 2. The van der Waals surface area contributed by atoms with Gasteiger partial charge in [-0.1, -0.05) is 12.8 Å². The Morgan fingerprint density at radius 1 is 1.44 bits per heavy atom. The van der Waals surface area contributed by atoms with Crippen LogP contribution in [0, 0.1) is 0 Å². The molecule has 0 spiro atoms. The Morgan fingerprint density at radius 2 is 2.22 bits per heavy atom. The second kappa shape index (κ2) is 6.00. The quantitative estimate of drug-likeness (QED) is 0.851. The molecular formula is C13H22N4O. The third kappa shape index (κ3) is 2.90. The van der Waals surface area contributed by atoms with E-state index in [-0.39, 0.29) is 12.1 Å². The maximum Gasteiger partial charge on any atom is 0.224 e. The molecule has 1 saturated carbocycles. The van der Waals surface area contributed by atoms with Gasteiger partial charge in [-0.05, 0) is 25.8 Å². The van der Waals surface area contributed by atoms with Gasteiger partial charge in [-0.2, -0.15) is 4.98 Å². The van der Waals surface area contributed by atoms with Crippen LogP contribution < -0.4 is 10.2 Å². The van der Waals surface area contributed by atoms with Crippen LogP contribution in [0.5, 0.6) is 0 Å². The molecule has 1 aromatic rings. The van der Waals surface area contributed by atoms with Crippen molar-refractivity contribution in [2.75, 3.05) is 23.8 Å². The molecule has 2 atom stereocenters. The van der Waals surface area contributed by atoms with Crippen molar-refractivity contribution in [2.45, 2.75) is 44.8 Å². The summed E-state index contributed by atoms with van der Waals surface area (Å²) in [5.41, 5.74) is 0. The molecule has 100 valence electrons. The van der Waals surface area contributed by atoms with Crippen LogP contribution in [0.4, 0.5) is 11.8 Å². The van der Waals surface area contributed by atoms with Crippen LogP contribution >= 0.6 is 0 Å². The van der Waals surface area contributed by atoms with Gasteiger partial charge in [0.1, 0.15) is 5.82 Å². The Balaban J connectivity index is 2.11. The number of aromatic nitrogens is 2. The molecule has 2 N–H and O–H groups in total. The molecular weight excluding hydrogens is 228 g/mol. The molecule has 0 aliphatic heterocycles. The first kappa shape index (κ1) is 13.1. The number of aliphatic hydroxyl groups excluding tert-OH is 1. The zero-order valence-corrected chi connectivity index (χ0v) is 11.1. The van der Waals surface area contributed by atoms with Crippen LogP contribution in [0.25, 0.3) is 0 Å². The Hall–Kier alpha value is -1.36. The van der Waals surface area contributed by atoms with Gasteiger partial charge in [0.15, 0.2) is 0 Å². The fourth-order valence-electron chi connectivity index (χ4n) is 2.50. The second-order valence-corrected chi connectivity index (χ2v) is 4.80. The first-order valence-electron chi connectivity index (χ1n) is 6.70. The van der Waals surface area contributed by atoms with Gasteiger partial charge in [-0.15, -0.1) is 0 Å². The smallest absolute Gasteiger partial charge is 0.224 e. The molecule has 2 rings (SSSR count). The molecule has 2 unspecified atom stereocenters. The van der Waals surface area contributed by atoms with Gasteiger partial charge in [-0.25, -0.2) is 4.98 Å². The van der Waals surface area contributed by atoms with E-state index in [1.165, 1.54) is 6.42 Å². The van der Waals surface area contributed by atoms with Crippen molar-refractivity contribution in [3.05, 3.63) is 12.3 Å². The number of likely N-dealkylation sites (N-methyl/N-ethyl adjacent to an activating group) is 1. The highest BCUT2D eigenvalue weighted by Gasteiger charge is 2.27. The maximum absolute atomic E-state index is 10.1. The number of rotatable bonds is 4. The first-order chi connectivity index (χ1) is 8.72. The molecule has 0 radical (unpaired) electrons. The standard InChI is InChI=1S/C13H22N4O/c1-3-14-13-15-9-8-12(16-13)17(2)10-6-4-5-7-11(10)18/h8-11,18H,3-7H2,1-2H3,(H,14,15,16). The predicted molar refractivity (Wildman–Crippen MR) is 72.9 cm³/mol. The van der Waals surface area contributed by atoms with Gasteiger partial charge in [0.05, 0.1) is 12.1 Å². The number of hydrogen-bond donors (Lipinski definition) is 2. The minimum Gasteiger partial charge on any atom is -0.391 e. The van der Waals surface area contributed by atoms with Crippen LogP contribution in [0.2, 0.25) is 0 Å². The molecule has 0 aromatic carbocycles. The predicted octanol–water partition coefficient (Wildman–Crippen LogP) is 1.65. The largest absolute Gasteiger partial charge is 0.391 e. The molecule has 18 heavy (non-hydrogen) atoms. The van der Waals surface area contributed by atoms with E-state index < -0.39 is 0 Å². The Morgan fingerprint density at radius 3 is 2.94 bits per heavy atom. The summed E-state index contributed by atoms with van der Waals surface area (Å²) < 4.78 is 0. The van der Waals surface area contributed by atoms with Gasteiger partial charge in [0, 0.05) is 19.8 Å². The lowest BCUT2D eigenvalue weighted by molar-refractivity contribution is 0.106. The topological polar surface area (TPSA) is 61.3 Å². The van der Waals surface area contributed by atoms with Crippen molar-refractivity contribution in [3.8, 4) is 0 Å². The van der Waals surface area contributed by atoms with Gasteiger partial charge in [0.2, 0.25) is 5.95 Å². The van der Waals surface area contributed by atoms with E-state index in [1.54, 1.807) is 6.20 Å². The van der Waals surface area contributed by atoms with Crippen LogP contribution in [-0.2, 0) is 0 Å². The monoisotopic (exact) mass is 250 g/mol. The molecule has 1 aliphatic carbocycles. The Kier molecular flexibility index (Phi) is 4.36. The third-order valence-electron chi connectivity index (χ3n) is 3.53. The Labute approximate surface area is 108 Å². The molecule has 0 saturated heterocycles. The molecule has 1 aromatic heterocycles. The summed E-state index contributed by atoms with van der Waals surface area (Å²) >= 11 is 0. The molecule has 5 nitrogen and oxygen atoms in total. The highest BCUT2D eigenvalue weighted by atomic mass is 16.3. The van der Waals surface area contributed by atoms with E-state index in [4.69, 9.17) is 0 Å². The van der Waals surface area contributed by atoms with Gasteiger partial charge in [-0.3, -0.25) is 0 Å². The zero-order chi connectivity index (χ0) is 13.0. The van der Waals surface area contributed by atoms with Crippen LogP contribution in [0.15, 0.2) is 12.3 Å². The van der Waals surface area contributed by atoms with Crippen molar-refractivity contribution in [1.29, 1.82) is 0 Å². The summed E-state index contributed by atoms with van der Waals surface area (Å²) in [7, 11) is 2.00. The minimum atomic E-state index is -0.249. The summed E-state index contributed by atoms with van der Waals surface area (Å²) in [6, 6.07) is 2.06. The second-order valence-electron chi connectivity index (χ2n) is 4.80. The molecule has 1 aliphatic rings. The van der Waals surface area contributed by atoms with E-state index in [2.05, 4.69) is 20.2 Å². The summed E-state index contributed by atoms with van der Waals surface area (Å²) in [4.78, 5) is 10.7. The van der Waals surface area contributed by atoms with Crippen LogP contribution in [0.3, 0.4) is 0 Å². The average molecular weight is 250 g/mol. The van der Waals surface area contributed by atoms with Gasteiger partial charge >= 0.3 is 0 Å². The van der Waals surface area contributed by atoms with Crippen LogP contribution in [0.1, 0.15) is 32.6 Å². The number of aliphatic hydroxyl groups is 1. The summed E-state index contributed by atoms with van der Waals surface area (Å²) in [6.07, 6.45) is 5.72. The Bertz CT molecular complexity index is 385. The summed E-state index contributed by atoms with van der Waals surface area (Å²) in [6.45, 7) is 2.82. The first-order valence-corrected chi connectivity index (χ1v) is 6.70. The molecule has 1 heterocycles. The molecule has 0 bridgehead atoms. The normalized spacial score (nSPS) is 23.7. The lowest BCUT2D eigenvalue weighted by atomic mass is 9.91. The van der Waals surface area contributed by atoms with Crippen molar-refractivity contribution in [3.63, 3.8) is 0 Å². The van der Waals surface area contributed by atoms with E-state index >= 15 is 0 Å². The summed E-state index contributed by atoms with van der Waals surface area (Å²) in [5.74, 6) is 1.51. The van der Waals surface area contributed by atoms with Gasteiger partial charge in [0.25, 0.3) is 0 Å². The third-order valence-corrected chi connectivity index (χ3v) is 3.53. The SMILES string of the molecule is CCNc1nccc(N(C)C2CCCCC2O)n1. The number of hydrogen-bond acceptors (Lipinski definition) is 5. The fraction of sp³-hybridized carbons (Fsp3) is 0.692. The van der Waals surface area contributed by atoms with E-state index in [9.17, 15) is 5.11 Å². The molecule has 1 fully saturated rings.